The van der Waals surface area contributed by atoms with E-state index in [2.05, 4.69) is 23.2 Å². The summed E-state index contributed by atoms with van der Waals surface area (Å²) in [5.41, 5.74) is 0. The van der Waals surface area contributed by atoms with Crippen LogP contribution in [0.3, 0.4) is 0 Å². The second-order valence-corrected chi connectivity index (χ2v) is 4.98. The molecular weight excluding hydrogens is 212 g/mol. The normalized spacial score (nSPS) is 20.6. The van der Waals surface area contributed by atoms with Gasteiger partial charge in [0.2, 0.25) is 0 Å². The Kier molecular flexibility index (Phi) is 4.63. The van der Waals surface area contributed by atoms with Crippen molar-refractivity contribution in [2.45, 2.75) is 32.2 Å². The van der Waals surface area contributed by atoms with E-state index in [9.17, 15) is 0 Å². The third kappa shape index (κ3) is 3.11. The zero-order chi connectivity index (χ0) is 12.1. The molecule has 1 aliphatic heterocycles. The summed E-state index contributed by atoms with van der Waals surface area (Å²) in [6, 6.07) is 4.57. The van der Waals surface area contributed by atoms with Crippen molar-refractivity contribution in [3.8, 4) is 0 Å². The third-order valence-corrected chi connectivity index (χ3v) is 3.84. The maximum absolute atomic E-state index is 5.56. The molecule has 2 rings (SSSR count). The summed E-state index contributed by atoms with van der Waals surface area (Å²) >= 11 is 0. The zero-order valence-electron chi connectivity index (χ0n) is 11.0. The number of rotatable bonds is 5. The molecule has 0 aromatic carbocycles. The molecular formula is C14H24N2O. The van der Waals surface area contributed by atoms with Gasteiger partial charge in [-0.25, -0.2) is 0 Å². The van der Waals surface area contributed by atoms with Crippen molar-refractivity contribution >= 4 is 0 Å². The second kappa shape index (κ2) is 6.22. The Hall–Kier alpha value is -0.800. The lowest BCUT2D eigenvalue weighted by atomic mass is 9.95. The average molecular weight is 236 g/mol. The molecule has 0 radical (unpaired) electrons. The zero-order valence-corrected chi connectivity index (χ0v) is 11.0. The minimum atomic E-state index is 0.473. The highest BCUT2D eigenvalue weighted by Crippen LogP contribution is 2.29. The Bertz CT molecular complexity index is 302. The Morgan fingerprint density at radius 2 is 2.24 bits per heavy atom. The van der Waals surface area contributed by atoms with Crippen LogP contribution in [0.25, 0.3) is 0 Å². The van der Waals surface area contributed by atoms with E-state index in [4.69, 9.17) is 4.42 Å². The average Bonchev–Trinajstić information content (AvgIpc) is 2.86. The van der Waals surface area contributed by atoms with Gasteiger partial charge in [0.1, 0.15) is 5.76 Å². The molecule has 1 saturated heterocycles. The van der Waals surface area contributed by atoms with Gasteiger partial charge < -0.3 is 9.73 Å². The monoisotopic (exact) mass is 236 g/mol. The first-order valence-electron chi connectivity index (χ1n) is 6.77. The van der Waals surface area contributed by atoms with Crippen molar-refractivity contribution in [2.24, 2.45) is 5.92 Å². The van der Waals surface area contributed by atoms with Crippen LogP contribution in [-0.2, 0) is 0 Å². The molecule has 1 aromatic heterocycles. The molecule has 0 amide bonds. The van der Waals surface area contributed by atoms with Gasteiger partial charge in [0, 0.05) is 0 Å². The summed E-state index contributed by atoms with van der Waals surface area (Å²) in [5.74, 6) is 1.98. The molecule has 3 nitrogen and oxygen atoms in total. The first kappa shape index (κ1) is 12.7. The van der Waals surface area contributed by atoms with E-state index in [-0.39, 0.29) is 0 Å². The van der Waals surface area contributed by atoms with Gasteiger partial charge in [0.25, 0.3) is 0 Å². The minimum absolute atomic E-state index is 0.473. The summed E-state index contributed by atoms with van der Waals surface area (Å²) < 4.78 is 5.56. The van der Waals surface area contributed by atoms with Gasteiger partial charge in [-0.3, -0.25) is 4.90 Å². The summed E-state index contributed by atoms with van der Waals surface area (Å²) in [7, 11) is 2.05. The summed E-state index contributed by atoms with van der Waals surface area (Å²) in [6.07, 6.45) is 5.52. The highest BCUT2D eigenvalue weighted by atomic mass is 16.3. The van der Waals surface area contributed by atoms with E-state index in [1.807, 2.05) is 13.1 Å². The van der Waals surface area contributed by atoms with Crippen molar-refractivity contribution in [1.82, 2.24) is 10.2 Å². The highest BCUT2D eigenvalue weighted by molar-refractivity contribution is 5.05. The lowest BCUT2D eigenvalue weighted by Gasteiger charge is -2.36. The smallest absolute Gasteiger partial charge is 0.120 e. The van der Waals surface area contributed by atoms with Crippen LogP contribution in [0.5, 0.6) is 0 Å². The van der Waals surface area contributed by atoms with E-state index in [1.54, 1.807) is 6.26 Å². The predicted octanol–water partition coefficient (Wildman–Crippen LogP) is 2.66. The molecule has 0 bridgehead atoms. The van der Waals surface area contributed by atoms with Crippen LogP contribution < -0.4 is 5.32 Å². The summed E-state index contributed by atoms with van der Waals surface area (Å²) in [6.45, 7) is 5.80. The number of furan rings is 1. The Morgan fingerprint density at radius 3 is 2.76 bits per heavy atom. The van der Waals surface area contributed by atoms with Crippen LogP contribution >= 0.6 is 0 Å². The quantitative estimate of drug-likeness (QED) is 0.852. The van der Waals surface area contributed by atoms with Crippen LogP contribution in [0, 0.1) is 5.92 Å². The van der Waals surface area contributed by atoms with Crippen molar-refractivity contribution in [1.29, 1.82) is 0 Å². The number of likely N-dealkylation sites (tertiary alicyclic amines) is 1. The van der Waals surface area contributed by atoms with E-state index < -0.39 is 0 Å². The van der Waals surface area contributed by atoms with E-state index in [1.165, 1.54) is 25.9 Å². The third-order valence-electron chi connectivity index (χ3n) is 3.84. The summed E-state index contributed by atoms with van der Waals surface area (Å²) in [4.78, 5) is 2.57. The van der Waals surface area contributed by atoms with Gasteiger partial charge in [-0.2, -0.15) is 0 Å². The van der Waals surface area contributed by atoms with Crippen LogP contribution in [0.1, 0.15) is 38.0 Å². The minimum Gasteiger partial charge on any atom is -0.468 e. The lowest BCUT2D eigenvalue weighted by Crippen LogP contribution is -2.38. The van der Waals surface area contributed by atoms with Gasteiger partial charge >= 0.3 is 0 Å². The first-order chi connectivity index (χ1) is 8.35. The van der Waals surface area contributed by atoms with Crippen LogP contribution in [0.2, 0.25) is 0 Å². The van der Waals surface area contributed by atoms with E-state index in [0.29, 0.717) is 6.04 Å². The molecule has 0 aliphatic carbocycles. The van der Waals surface area contributed by atoms with E-state index >= 15 is 0 Å². The SMILES string of the molecule is CCC(c1ccco1)N1CCC(CNC)CC1. The van der Waals surface area contributed by atoms with Crippen LogP contribution in [0.4, 0.5) is 0 Å². The fraction of sp³-hybridized carbons (Fsp3) is 0.714. The number of hydrogen-bond donors (Lipinski definition) is 1. The van der Waals surface area contributed by atoms with Gasteiger partial charge in [-0.15, -0.1) is 0 Å². The van der Waals surface area contributed by atoms with Crippen LogP contribution in [0.15, 0.2) is 22.8 Å². The van der Waals surface area contributed by atoms with E-state index in [0.717, 1.165) is 24.6 Å². The molecule has 0 saturated carbocycles. The molecule has 1 atom stereocenters. The molecule has 2 heterocycles. The molecule has 1 unspecified atom stereocenters. The summed E-state index contributed by atoms with van der Waals surface area (Å²) in [5, 5.41) is 3.29. The van der Waals surface area contributed by atoms with Crippen molar-refractivity contribution in [3.05, 3.63) is 24.2 Å². The first-order valence-corrected chi connectivity index (χ1v) is 6.77. The van der Waals surface area contributed by atoms with Crippen molar-refractivity contribution in [2.75, 3.05) is 26.7 Å². The van der Waals surface area contributed by atoms with Gasteiger partial charge in [0.15, 0.2) is 0 Å². The fourth-order valence-corrected chi connectivity index (χ4v) is 2.88. The molecule has 96 valence electrons. The Morgan fingerprint density at radius 1 is 1.47 bits per heavy atom. The predicted molar refractivity (Wildman–Crippen MR) is 70.0 cm³/mol. The largest absolute Gasteiger partial charge is 0.468 e. The molecule has 17 heavy (non-hydrogen) atoms. The van der Waals surface area contributed by atoms with Gasteiger partial charge in [-0.1, -0.05) is 6.92 Å². The molecule has 0 spiro atoms. The standard InChI is InChI=1S/C14H24N2O/c1-3-13(14-5-4-10-17-14)16-8-6-12(7-9-16)11-15-2/h4-5,10,12-13,15H,3,6-9,11H2,1-2H3. The number of nitrogens with one attached hydrogen (secondary N) is 1. The topological polar surface area (TPSA) is 28.4 Å². The lowest BCUT2D eigenvalue weighted by molar-refractivity contribution is 0.115. The molecule has 1 N–H and O–H groups in total. The molecule has 1 aromatic rings. The molecule has 1 fully saturated rings. The fourth-order valence-electron chi connectivity index (χ4n) is 2.88. The maximum Gasteiger partial charge on any atom is 0.120 e. The number of nitrogens with zero attached hydrogens (tertiary/aromatic N) is 1. The van der Waals surface area contributed by atoms with Crippen molar-refractivity contribution in [3.63, 3.8) is 0 Å². The Labute approximate surface area is 104 Å². The van der Waals surface area contributed by atoms with Crippen molar-refractivity contribution < 1.29 is 4.42 Å². The molecule has 3 heteroatoms. The van der Waals surface area contributed by atoms with Gasteiger partial charge in [-0.05, 0) is 64.0 Å². The van der Waals surface area contributed by atoms with Gasteiger partial charge in [0.05, 0.1) is 12.3 Å². The molecule has 1 aliphatic rings. The van der Waals surface area contributed by atoms with Crippen LogP contribution in [-0.4, -0.2) is 31.6 Å². The second-order valence-electron chi connectivity index (χ2n) is 4.98. The Balaban J connectivity index is 1.90. The number of hydrogen-bond acceptors (Lipinski definition) is 3. The maximum atomic E-state index is 5.56. The highest BCUT2D eigenvalue weighted by Gasteiger charge is 2.26. The number of piperidine rings is 1.